The standard InChI is InChI=1S/C19H22N2O.ClH/c20-18(15-9-5-2-6-10-15)13-19(22)21-17-11-16(12-17)14-7-3-1-4-8-14;/h1-10,16-18H,11-13,20H2,(H,21,22);1H. The molecular formula is C19H23ClN2O. The Morgan fingerprint density at radius 2 is 1.61 bits per heavy atom. The molecule has 23 heavy (non-hydrogen) atoms. The van der Waals surface area contributed by atoms with Crippen LogP contribution in [0.2, 0.25) is 0 Å². The van der Waals surface area contributed by atoms with Crippen LogP contribution in [0.5, 0.6) is 0 Å². The second-order valence-electron chi connectivity index (χ2n) is 6.06. The Balaban J connectivity index is 0.00000192. The van der Waals surface area contributed by atoms with Gasteiger partial charge in [-0.25, -0.2) is 0 Å². The average molecular weight is 331 g/mol. The third-order valence-corrected chi connectivity index (χ3v) is 4.41. The topological polar surface area (TPSA) is 55.1 Å². The van der Waals surface area contributed by atoms with Gasteiger partial charge in [0, 0.05) is 18.5 Å². The van der Waals surface area contributed by atoms with Crippen molar-refractivity contribution < 1.29 is 4.79 Å². The Labute approximate surface area is 143 Å². The quantitative estimate of drug-likeness (QED) is 0.880. The molecule has 2 aromatic carbocycles. The second kappa shape index (κ2) is 8.14. The number of hydrogen-bond acceptors (Lipinski definition) is 2. The summed E-state index contributed by atoms with van der Waals surface area (Å²) in [6, 6.07) is 20.3. The van der Waals surface area contributed by atoms with Gasteiger partial charge < -0.3 is 11.1 Å². The number of nitrogens with two attached hydrogens (primary N) is 1. The van der Waals surface area contributed by atoms with E-state index in [1.54, 1.807) is 0 Å². The van der Waals surface area contributed by atoms with Crippen molar-refractivity contribution in [3.05, 3.63) is 71.8 Å². The molecule has 0 spiro atoms. The number of nitrogens with one attached hydrogen (secondary N) is 1. The maximum Gasteiger partial charge on any atom is 0.222 e. The van der Waals surface area contributed by atoms with Crippen LogP contribution in [0.1, 0.15) is 42.3 Å². The van der Waals surface area contributed by atoms with Crippen molar-refractivity contribution in [2.24, 2.45) is 5.73 Å². The highest BCUT2D eigenvalue weighted by Gasteiger charge is 2.31. The van der Waals surface area contributed by atoms with Crippen LogP contribution in [0, 0.1) is 0 Å². The van der Waals surface area contributed by atoms with Crippen LogP contribution < -0.4 is 11.1 Å². The molecule has 0 aliphatic heterocycles. The van der Waals surface area contributed by atoms with E-state index >= 15 is 0 Å². The molecule has 0 heterocycles. The minimum atomic E-state index is -0.230. The molecule has 1 saturated carbocycles. The van der Waals surface area contributed by atoms with Crippen LogP contribution in [-0.4, -0.2) is 11.9 Å². The molecule has 4 heteroatoms. The van der Waals surface area contributed by atoms with Crippen molar-refractivity contribution in [3.8, 4) is 0 Å². The molecule has 122 valence electrons. The van der Waals surface area contributed by atoms with Crippen LogP contribution in [0.3, 0.4) is 0 Å². The Morgan fingerprint density at radius 1 is 1.04 bits per heavy atom. The molecule has 0 radical (unpaired) electrons. The second-order valence-corrected chi connectivity index (χ2v) is 6.06. The number of halogens is 1. The molecule has 1 aliphatic carbocycles. The third kappa shape index (κ3) is 4.57. The maximum absolute atomic E-state index is 12.1. The molecule has 0 saturated heterocycles. The Kier molecular flexibility index (Phi) is 6.20. The van der Waals surface area contributed by atoms with Crippen molar-refractivity contribution in [2.45, 2.75) is 37.3 Å². The smallest absolute Gasteiger partial charge is 0.222 e. The largest absolute Gasteiger partial charge is 0.353 e. The fraction of sp³-hybridized carbons (Fsp3) is 0.316. The molecule has 1 fully saturated rings. The zero-order valence-electron chi connectivity index (χ0n) is 13.0. The van der Waals surface area contributed by atoms with E-state index in [1.165, 1.54) is 5.56 Å². The highest BCUT2D eigenvalue weighted by Crippen LogP contribution is 2.36. The van der Waals surface area contributed by atoms with Gasteiger partial charge in [0.15, 0.2) is 0 Å². The SMILES string of the molecule is Cl.NC(CC(=O)NC1CC(c2ccccc2)C1)c1ccccc1. The monoisotopic (exact) mass is 330 g/mol. The van der Waals surface area contributed by atoms with E-state index in [0.717, 1.165) is 18.4 Å². The summed E-state index contributed by atoms with van der Waals surface area (Å²) in [7, 11) is 0. The fourth-order valence-corrected chi connectivity index (χ4v) is 3.04. The highest BCUT2D eigenvalue weighted by molar-refractivity contribution is 5.85. The van der Waals surface area contributed by atoms with Crippen molar-refractivity contribution in [3.63, 3.8) is 0 Å². The predicted octanol–water partition coefficient (Wildman–Crippen LogP) is 3.56. The zero-order chi connectivity index (χ0) is 15.4. The summed E-state index contributed by atoms with van der Waals surface area (Å²) >= 11 is 0. The third-order valence-electron chi connectivity index (χ3n) is 4.41. The first kappa shape index (κ1) is 17.5. The molecule has 1 aliphatic rings. The van der Waals surface area contributed by atoms with E-state index in [4.69, 9.17) is 5.73 Å². The van der Waals surface area contributed by atoms with Gasteiger partial charge in [-0.3, -0.25) is 4.79 Å². The number of rotatable bonds is 5. The average Bonchev–Trinajstić information content (AvgIpc) is 2.52. The summed E-state index contributed by atoms with van der Waals surface area (Å²) in [5, 5.41) is 3.10. The van der Waals surface area contributed by atoms with Crippen molar-refractivity contribution in [1.29, 1.82) is 0 Å². The van der Waals surface area contributed by atoms with Crippen LogP contribution in [0.4, 0.5) is 0 Å². The first-order chi connectivity index (χ1) is 10.7. The maximum atomic E-state index is 12.1. The first-order valence-corrected chi connectivity index (χ1v) is 7.87. The van der Waals surface area contributed by atoms with E-state index in [1.807, 2.05) is 36.4 Å². The summed E-state index contributed by atoms with van der Waals surface area (Å²) in [6.07, 6.45) is 2.39. The number of hydrogen-bond donors (Lipinski definition) is 2. The molecule has 2 aromatic rings. The lowest BCUT2D eigenvalue weighted by Gasteiger charge is -2.36. The molecule has 3 rings (SSSR count). The van der Waals surface area contributed by atoms with Gasteiger partial charge in [0.2, 0.25) is 5.91 Å². The Morgan fingerprint density at radius 3 is 2.22 bits per heavy atom. The van der Waals surface area contributed by atoms with Crippen molar-refractivity contribution in [1.82, 2.24) is 5.32 Å². The summed E-state index contributed by atoms with van der Waals surface area (Å²) in [4.78, 5) is 12.1. The first-order valence-electron chi connectivity index (χ1n) is 7.87. The Hall–Kier alpha value is -1.84. The number of carbonyl (C=O) groups excluding carboxylic acids is 1. The van der Waals surface area contributed by atoms with E-state index in [2.05, 4.69) is 29.6 Å². The molecule has 1 unspecified atom stereocenters. The normalized spacial score (nSPS) is 20.7. The molecule has 3 nitrogen and oxygen atoms in total. The fourth-order valence-electron chi connectivity index (χ4n) is 3.04. The van der Waals surface area contributed by atoms with Gasteiger partial charge >= 0.3 is 0 Å². The minimum absolute atomic E-state index is 0. The van der Waals surface area contributed by atoms with Crippen LogP contribution in [0.25, 0.3) is 0 Å². The number of carbonyl (C=O) groups is 1. The van der Waals surface area contributed by atoms with Gasteiger partial charge in [-0.15, -0.1) is 12.4 Å². The van der Waals surface area contributed by atoms with Gasteiger partial charge in [0.05, 0.1) is 0 Å². The van der Waals surface area contributed by atoms with Crippen molar-refractivity contribution in [2.75, 3.05) is 0 Å². The molecule has 0 bridgehead atoms. The Bertz CT molecular complexity index is 612. The van der Waals surface area contributed by atoms with Crippen LogP contribution in [-0.2, 0) is 4.79 Å². The van der Waals surface area contributed by atoms with Crippen LogP contribution >= 0.6 is 12.4 Å². The molecule has 3 N–H and O–H groups in total. The van der Waals surface area contributed by atoms with Gasteiger partial charge in [-0.1, -0.05) is 60.7 Å². The summed E-state index contributed by atoms with van der Waals surface area (Å²) in [5.74, 6) is 0.627. The lowest BCUT2D eigenvalue weighted by molar-refractivity contribution is -0.122. The van der Waals surface area contributed by atoms with E-state index in [0.29, 0.717) is 18.4 Å². The summed E-state index contributed by atoms with van der Waals surface area (Å²) in [5.41, 5.74) is 8.47. The highest BCUT2D eigenvalue weighted by atomic mass is 35.5. The lowest BCUT2D eigenvalue weighted by Crippen LogP contribution is -2.44. The van der Waals surface area contributed by atoms with Gasteiger partial charge in [0.25, 0.3) is 0 Å². The summed E-state index contributed by atoms with van der Waals surface area (Å²) in [6.45, 7) is 0. The van der Waals surface area contributed by atoms with E-state index in [-0.39, 0.29) is 24.4 Å². The molecule has 0 aromatic heterocycles. The minimum Gasteiger partial charge on any atom is -0.353 e. The van der Waals surface area contributed by atoms with Crippen molar-refractivity contribution >= 4 is 18.3 Å². The molecule has 1 atom stereocenters. The number of amides is 1. The summed E-state index contributed by atoms with van der Waals surface area (Å²) < 4.78 is 0. The predicted molar refractivity (Wildman–Crippen MR) is 95.6 cm³/mol. The van der Waals surface area contributed by atoms with Crippen LogP contribution in [0.15, 0.2) is 60.7 Å². The van der Waals surface area contributed by atoms with Gasteiger partial charge in [0.1, 0.15) is 0 Å². The van der Waals surface area contributed by atoms with Gasteiger partial charge in [-0.05, 0) is 29.9 Å². The van der Waals surface area contributed by atoms with E-state index < -0.39 is 0 Å². The number of benzene rings is 2. The zero-order valence-corrected chi connectivity index (χ0v) is 13.8. The molecule has 1 amide bonds. The van der Waals surface area contributed by atoms with E-state index in [9.17, 15) is 4.79 Å². The van der Waals surface area contributed by atoms with Gasteiger partial charge in [-0.2, -0.15) is 0 Å². The molecular weight excluding hydrogens is 308 g/mol. The lowest BCUT2D eigenvalue weighted by atomic mass is 9.76.